The molecule has 0 spiro atoms. The van der Waals surface area contributed by atoms with Gasteiger partial charge < -0.3 is 10.6 Å². The fourth-order valence-electron chi connectivity index (χ4n) is 2.42. The van der Waals surface area contributed by atoms with Crippen molar-refractivity contribution in [2.24, 2.45) is 0 Å². The number of benzene rings is 1. The number of aromatic nitrogens is 2. The number of nitrogens with zero attached hydrogens (tertiary/aromatic N) is 2. The fourth-order valence-corrected chi connectivity index (χ4v) is 2.79. The Labute approximate surface area is 147 Å². The third kappa shape index (κ3) is 4.68. The van der Waals surface area contributed by atoms with Gasteiger partial charge in [-0.25, -0.2) is 9.97 Å². The summed E-state index contributed by atoms with van der Waals surface area (Å²) in [4.78, 5) is 20.8. The number of carbonyl (C=O) groups excluding carboxylic acids is 1. The van der Waals surface area contributed by atoms with Crippen LogP contribution in [0.3, 0.4) is 0 Å². The number of rotatable bonds is 6. The minimum atomic E-state index is -0.191. The number of nitrogens with one attached hydrogen (secondary N) is 2. The molecule has 0 aliphatic carbocycles. The lowest BCUT2D eigenvalue weighted by Gasteiger charge is -2.13. The SMILES string of the molecule is CCCCNC(=O)c1cc(Nc2c(C)cc(C)cc2Cl)nc(C)n1. The summed E-state index contributed by atoms with van der Waals surface area (Å²) in [7, 11) is 0. The van der Waals surface area contributed by atoms with Gasteiger partial charge in [-0.05, 0) is 44.4 Å². The Balaban J connectivity index is 2.24. The van der Waals surface area contributed by atoms with Gasteiger partial charge in [0.25, 0.3) is 5.91 Å². The van der Waals surface area contributed by atoms with E-state index in [4.69, 9.17) is 11.6 Å². The Bertz CT molecular complexity index is 723. The number of hydrogen-bond donors (Lipinski definition) is 2. The molecule has 0 saturated carbocycles. The Morgan fingerprint density at radius 2 is 1.92 bits per heavy atom. The van der Waals surface area contributed by atoms with Gasteiger partial charge >= 0.3 is 0 Å². The molecule has 0 fully saturated rings. The van der Waals surface area contributed by atoms with Crippen LogP contribution in [0.15, 0.2) is 18.2 Å². The van der Waals surface area contributed by atoms with Crippen molar-refractivity contribution in [3.8, 4) is 0 Å². The highest BCUT2D eigenvalue weighted by Gasteiger charge is 2.12. The maximum absolute atomic E-state index is 12.2. The summed E-state index contributed by atoms with van der Waals surface area (Å²) in [6.45, 7) is 8.46. The number of aryl methyl sites for hydroxylation is 3. The smallest absolute Gasteiger partial charge is 0.270 e. The third-order valence-corrected chi connectivity index (χ3v) is 3.87. The number of hydrogen-bond acceptors (Lipinski definition) is 4. The number of anilines is 2. The van der Waals surface area contributed by atoms with E-state index in [-0.39, 0.29) is 5.91 Å². The molecule has 1 aromatic heterocycles. The molecular weight excluding hydrogens is 324 g/mol. The predicted octanol–water partition coefficient (Wildman–Crippen LogP) is 4.33. The van der Waals surface area contributed by atoms with Crippen LogP contribution in [0.1, 0.15) is 47.2 Å². The minimum Gasteiger partial charge on any atom is -0.351 e. The highest BCUT2D eigenvalue weighted by Crippen LogP contribution is 2.29. The van der Waals surface area contributed by atoms with Crippen molar-refractivity contribution in [2.75, 3.05) is 11.9 Å². The van der Waals surface area contributed by atoms with Gasteiger partial charge in [-0.2, -0.15) is 0 Å². The van der Waals surface area contributed by atoms with Crippen molar-refractivity contribution in [3.05, 3.63) is 45.9 Å². The van der Waals surface area contributed by atoms with Gasteiger partial charge in [0.15, 0.2) is 0 Å². The molecule has 6 heteroatoms. The topological polar surface area (TPSA) is 66.9 Å². The van der Waals surface area contributed by atoms with Crippen LogP contribution in [0.25, 0.3) is 0 Å². The van der Waals surface area contributed by atoms with Gasteiger partial charge in [-0.15, -0.1) is 0 Å². The van der Waals surface area contributed by atoms with Crippen LogP contribution in [0.4, 0.5) is 11.5 Å². The predicted molar refractivity (Wildman–Crippen MR) is 98.2 cm³/mol. The van der Waals surface area contributed by atoms with Crippen molar-refractivity contribution < 1.29 is 4.79 Å². The number of halogens is 1. The molecule has 2 aromatic rings. The summed E-state index contributed by atoms with van der Waals surface area (Å²) >= 11 is 6.33. The molecular formula is C18H23ClN4O. The Morgan fingerprint density at radius 3 is 2.58 bits per heavy atom. The third-order valence-electron chi connectivity index (χ3n) is 3.57. The maximum atomic E-state index is 12.2. The van der Waals surface area contributed by atoms with E-state index in [2.05, 4.69) is 27.5 Å². The van der Waals surface area contributed by atoms with E-state index in [9.17, 15) is 4.79 Å². The van der Waals surface area contributed by atoms with Crippen LogP contribution in [0.5, 0.6) is 0 Å². The normalized spacial score (nSPS) is 10.5. The molecule has 5 nitrogen and oxygen atoms in total. The van der Waals surface area contributed by atoms with E-state index >= 15 is 0 Å². The first-order valence-corrected chi connectivity index (χ1v) is 8.46. The quantitative estimate of drug-likeness (QED) is 0.764. The van der Waals surface area contributed by atoms with Crippen molar-refractivity contribution in [3.63, 3.8) is 0 Å². The Kier molecular flexibility index (Phi) is 6.15. The maximum Gasteiger partial charge on any atom is 0.270 e. The summed E-state index contributed by atoms with van der Waals surface area (Å²) < 4.78 is 0. The minimum absolute atomic E-state index is 0.191. The largest absolute Gasteiger partial charge is 0.351 e. The monoisotopic (exact) mass is 346 g/mol. The molecule has 0 radical (unpaired) electrons. The molecule has 2 rings (SSSR count). The van der Waals surface area contributed by atoms with Crippen molar-refractivity contribution in [1.29, 1.82) is 0 Å². The zero-order valence-corrected chi connectivity index (χ0v) is 15.3. The molecule has 24 heavy (non-hydrogen) atoms. The van der Waals surface area contributed by atoms with Gasteiger partial charge in [0.1, 0.15) is 17.3 Å². The summed E-state index contributed by atoms with van der Waals surface area (Å²) in [5.74, 6) is 0.891. The molecule has 128 valence electrons. The van der Waals surface area contributed by atoms with Crippen LogP contribution in [-0.4, -0.2) is 22.4 Å². The zero-order chi connectivity index (χ0) is 17.7. The summed E-state index contributed by atoms with van der Waals surface area (Å²) in [5.41, 5.74) is 3.25. The molecule has 0 aliphatic heterocycles. The van der Waals surface area contributed by atoms with Gasteiger partial charge in [0.05, 0.1) is 10.7 Å². The van der Waals surface area contributed by atoms with Crippen LogP contribution in [0, 0.1) is 20.8 Å². The van der Waals surface area contributed by atoms with E-state index in [0.717, 1.165) is 29.7 Å². The summed E-state index contributed by atoms with van der Waals surface area (Å²) in [6, 6.07) is 5.58. The van der Waals surface area contributed by atoms with Crippen molar-refractivity contribution in [2.45, 2.75) is 40.5 Å². The first-order chi connectivity index (χ1) is 11.4. The average Bonchev–Trinajstić information content (AvgIpc) is 2.50. The van der Waals surface area contributed by atoms with Crippen molar-refractivity contribution in [1.82, 2.24) is 15.3 Å². The second kappa shape index (κ2) is 8.11. The number of unbranched alkanes of at least 4 members (excludes halogenated alkanes) is 1. The van der Waals surface area contributed by atoms with E-state index in [1.54, 1.807) is 13.0 Å². The molecule has 1 amide bonds. The lowest BCUT2D eigenvalue weighted by Crippen LogP contribution is -2.25. The lowest BCUT2D eigenvalue weighted by atomic mass is 10.1. The first kappa shape index (κ1) is 18.2. The molecule has 1 aromatic carbocycles. The Hall–Kier alpha value is -2.14. The van der Waals surface area contributed by atoms with Gasteiger partial charge in [-0.1, -0.05) is 31.0 Å². The van der Waals surface area contributed by atoms with Crippen LogP contribution in [0.2, 0.25) is 5.02 Å². The molecule has 1 heterocycles. The van der Waals surface area contributed by atoms with Gasteiger partial charge in [0, 0.05) is 12.6 Å². The molecule has 0 aliphatic rings. The highest BCUT2D eigenvalue weighted by atomic mass is 35.5. The van der Waals surface area contributed by atoms with Crippen LogP contribution in [-0.2, 0) is 0 Å². The number of amides is 1. The first-order valence-electron chi connectivity index (χ1n) is 8.08. The van der Waals surface area contributed by atoms with E-state index in [1.807, 2.05) is 26.0 Å². The Morgan fingerprint density at radius 1 is 1.17 bits per heavy atom. The average molecular weight is 347 g/mol. The van der Waals surface area contributed by atoms with E-state index in [0.29, 0.717) is 28.9 Å². The van der Waals surface area contributed by atoms with Crippen LogP contribution >= 0.6 is 11.6 Å². The summed E-state index contributed by atoms with van der Waals surface area (Å²) in [6.07, 6.45) is 1.97. The van der Waals surface area contributed by atoms with Gasteiger partial charge in [-0.3, -0.25) is 4.79 Å². The second-order valence-electron chi connectivity index (χ2n) is 5.86. The van der Waals surface area contributed by atoms with Crippen LogP contribution < -0.4 is 10.6 Å². The van der Waals surface area contributed by atoms with Gasteiger partial charge in [0.2, 0.25) is 0 Å². The molecule has 0 bridgehead atoms. The molecule has 0 saturated heterocycles. The molecule has 0 atom stereocenters. The molecule has 0 unspecified atom stereocenters. The molecule has 2 N–H and O–H groups in total. The van der Waals surface area contributed by atoms with E-state index in [1.165, 1.54) is 0 Å². The standard InChI is InChI=1S/C18H23ClN4O/c1-5-6-7-20-18(24)15-10-16(22-13(4)21-15)23-17-12(3)8-11(2)9-14(17)19/h8-10H,5-7H2,1-4H3,(H,20,24)(H,21,22,23). The second-order valence-corrected chi connectivity index (χ2v) is 6.27. The van der Waals surface area contributed by atoms with Crippen molar-refractivity contribution >= 4 is 29.0 Å². The number of carbonyl (C=O) groups is 1. The fraction of sp³-hybridized carbons (Fsp3) is 0.389. The lowest BCUT2D eigenvalue weighted by molar-refractivity contribution is 0.0948. The van der Waals surface area contributed by atoms with E-state index < -0.39 is 0 Å². The highest BCUT2D eigenvalue weighted by molar-refractivity contribution is 6.33. The summed E-state index contributed by atoms with van der Waals surface area (Å²) in [5, 5.41) is 6.70. The zero-order valence-electron chi connectivity index (χ0n) is 14.5.